The van der Waals surface area contributed by atoms with Crippen molar-refractivity contribution in [1.82, 2.24) is 10.2 Å². The number of aromatic nitrogens is 2. The highest BCUT2D eigenvalue weighted by Gasteiger charge is 2.12. The molecule has 0 spiro atoms. The van der Waals surface area contributed by atoms with E-state index < -0.39 is 11.7 Å². The van der Waals surface area contributed by atoms with Gasteiger partial charge in [-0.05, 0) is 18.2 Å². The lowest BCUT2D eigenvalue weighted by atomic mass is 10.2. The number of benzene rings is 1. The largest absolute Gasteiger partial charge is 0.383 e. The lowest BCUT2D eigenvalue weighted by Gasteiger charge is -2.04. The second-order valence-corrected chi connectivity index (χ2v) is 3.75. The molecule has 1 aromatic heterocycles. The van der Waals surface area contributed by atoms with Crippen LogP contribution in [0.5, 0.6) is 0 Å². The zero-order chi connectivity index (χ0) is 12.4. The molecule has 1 heterocycles. The molecule has 1 aromatic carbocycles. The summed E-state index contributed by atoms with van der Waals surface area (Å²) in [7, 11) is 0. The van der Waals surface area contributed by atoms with Crippen LogP contribution in [0.25, 0.3) is 0 Å². The van der Waals surface area contributed by atoms with Crippen molar-refractivity contribution in [2.24, 2.45) is 0 Å². The molecule has 0 fully saturated rings. The standard InChI is InChI=1S/C10H8ClFN4O/c11-5-1-6(12)3-7(2-5)15-10(17)8-4-14-16-9(8)13/h1-4H,(H,15,17)(H3,13,14,16). The maximum Gasteiger partial charge on any atom is 0.261 e. The fraction of sp³-hybridized carbons (Fsp3) is 0. The van der Waals surface area contributed by atoms with Crippen LogP contribution in [0.3, 0.4) is 0 Å². The Labute approximate surface area is 101 Å². The third kappa shape index (κ3) is 2.54. The number of H-pyrrole nitrogens is 1. The molecular formula is C10H8ClFN4O. The molecule has 17 heavy (non-hydrogen) atoms. The molecule has 2 aromatic rings. The first-order valence-electron chi connectivity index (χ1n) is 4.62. The number of carbonyl (C=O) groups excluding carboxylic acids is 1. The number of hydrogen-bond donors (Lipinski definition) is 3. The van der Waals surface area contributed by atoms with Crippen LogP contribution in [0.2, 0.25) is 5.02 Å². The van der Waals surface area contributed by atoms with Gasteiger partial charge in [-0.1, -0.05) is 11.6 Å². The van der Waals surface area contributed by atoms with E-state index in [1.807, 2.05) is 0 Å². The van der Waals surface area contributed by atoms with E-state index in [-0.39, 0.29) is 22.1 Å². The maximum absolute atomic E-state index is 13.0. The minimum Gasteiger partial charge on any atom is -0.383 e. The first-order chi connectivity index (χ1) is 8.06. The summed E-state index contributed by atoms with van der Waals surface area (Å²) in [5.41, 5.74) is 5.91. The number of aromatic amines is 1. The van der Waals surface area contributed by atoms with Crippen LogP contribution in [0.15, 0.2) is 24.4 Å². The van der Waals surface area contributed by atoms with E-state index in [9.17, 15) is 9.18 Å². The number of halogens is 2. The predicted molar refractivity (Wildman–Crippen MR) is 62.4 cm³/mol. The average molecular weight is 255 g/mol. The molecule has 0 unspecified atom stereocenters. The summed E-state index contributed by atoms with van der Waals surface area (Å²) in [4.78, 5) is 11.7. The second kappa shape index (κ2) is 4.42. The summed E-state index contributed by atoms with van der Waals surface area (Å²) < 4.78 is 13.0. The van der Waals surface area contributed by atoms with Gasteiger partial charge in [0.15, 0.2) is 0 Å². The van der Waals surface area contributed by atoms with E-state index in [0.717, 1.165) is 12.1 Å². The van der Waals surface area contributed by atoms with Gasteiger partial charge in [0, 0.05) is 10.7 Å². The van der Waals surface area contributed by atoms with E-state index in [2.05, 4.69) is 15.5 Å². The highest BCUT2D eigenvalue weighted by molar-refractivity contribution is 6.31. The average Bonchev–Trinajstić information content (AvgIpc) is 2.62. The normalized spacial score (nSPS) is 10.2. The number of carbonyl (C=O) groups is 1. The molecule has 0 aliphatic rings. The molecule has 0 saturated carbocycles. The van der Waals surface area contributed by atoms with Gasteiger partial charge in [-0.25, -0.2) is 4.39 Å². The van der Waals surface area contributed by atoms with Crippen LogP contribution in [-0.2, 0) is 0 Å². The van der Waals surface area contributed by atoms with Gasteiger partial charge >= 0.3 is 0 Å². The Hall–Kier alpha value is -2.08. The van der Waals surface area contributed by atoms with Gasteiger partial charge in [0.05, 0.1) is 6.20 Å². The molecule has 0 bridgehead atoms. The Morgan fingerprint density at radius 2 is 2.24 bits per heavy atom. The molecule has 88 valence electrons. The summed E-state index contributed by atoms with van der Waals surface area (Å²) in [5.74, 6) is -0.879. The van der Waals surface area contributed by atoms with Gasteiger partial charge in [0.25, 0.3) is 5.91 Å². The summed E-state index contributed by atoms with van der Waals surface area (Å²) >= 11 is 5.66. The Kier molecular flexibility index (Phi) is 2.97. The third-order valence-corrected chi connectivity index (χ3v) is 2.25. The third-order valence-electron chi connectivity index (χ3n) is 2.03. The zero-order valence-corrected chi connectivity index (χ0v) is 9.25. The van der Waals surface area contributed by atoms with Crippen molar-refractivity contribution in [2.45, 2.75) is 0 Å². The lowest BCUT2D eigenvalue weighted by molar-refractivity contribution is 0.102. The van der Waals surface area contributed by atoms with E-state index in [1.165, 1.54) is 12.3 Å². The summed E-state index contributed by atoms with van der Waals surface area (Å²) in [6.45, 7) is 0. The van der Waals surface area contributed by atoms with Gasteiger partial charge in [0.2, 0.25) is 0 Å². The molecule has 0 radical (unpaired) electrons. The minimum atomic E-state index is -0.534. The van der Waals surface area contributed by atoms with E-state index in [0.29, 0.717) is 0 Å². The minimum absolute atomic E-state index is 0.144. The number of amides is 1. The van der Waals surface area contributed by atoms with Crippen LogP contribution >= 0.6 is 11.6 Å². The van der Waals surface area contributed by atoms with Gasteiger partial charge in [-0.15, -0.1) is 0 Å². The first-order valence-corrected chi connectivity index (χ1v) is 5.00. The van der Waals surface area contributed by atoms with E-state index in [4.69, 9.17) is 17.3 Å². The monoisotopic (exact) mass is 254 g/mol. The van der Waals surface area contributed by atoms with Crippen LogP contribution in [0.1, 0.15) is 10.4 Å². The number of nitrogens with zero attached hydrogens (tertiary/aromatic N) is 1. The van der Waals surface area contributed by atoms with Gasteiger partial charge in [-0.3, -0.25) is 9.89 Å². The number of nitrogens with two attached hydrogens (primary N) is 1. The summed E-state index contributed by atoms with van der Waals surface area (Å²) in [6, 6.07) is 3.72. The molecule has 7 heteroatoms. The molecule has 0 aliphatic heterocycles. The van der Waals surface area contributed by atoms with Crippen molar-refractivity contribution in [3.05, 3.63) is 40.8 Å². The maximum atomic E-state index is 13.0. The topological polar surface area (TPSA) is 83.8 Å². The predicted octanol–water partition coefficient (Wildman–Crippen LogP) is 2.04. The number of rotatable bonds is 2. The molecule has 1 amide bonds. The summed E-state index contributed by atoms with van der Waals surface area (Å²) in [5, 5.41) is 8.69. The van der Waals surface area contributed by atoms with E-state index >= 15 is 0 Å². The fourth-order valence-electron chi connectivity index (χ4n) is 1.30. The SMILES string of the molecule is Nc1[nH]ncc1C(=O)Nc1cc(F)cc(Cl)c1. The van der Waals surface area contributed by atoms with Crippen molar-refractivity contribution >= 4 is 29.0 Å². The van der Waals surface area contributed by atoms with Crippen molar-refractivity contribution in [1.29, 1.82) is 0 Å². The van der Waals surface area contributed by atoms with Crippen LogP contribution < -0.4 is 11.1 Å². The molecule has 0 aliphatic carbocycles. The van der Waals surface area contributed by atoms with Gasteiger partial charge < -0.3 is 11.1 Å². The van der Waals surface area contributed by atoms with Crippen LogP contribution in [0, 0.1) is 5.82 Å². The first kappa shape index (κ1) is 11.4. The van der Waals surface area contributed by atoms with Crippen molar-refractivity contribution in [3.8, 4) is 0 Å². The molecule has 4 N–H and O–H groups in total. The fourth-order valence-corrected chi connectivity index (χ4v) is 1.52. The van der Waals surface area contributed by atoms with Crippen molar-refractivity contribution in [2.75, 3.05) is 11.1 Å². The van der Waals surface area contributed by atoms with Gasteiger partial charge in [0.1, 0.15) is 17.2 Å². The quantitative estimate of drug-likeness (QED) is 0.767. The molecule has 5 nitrogen and oxygen atoms in total. The number of nitrogens with one attached hydrogen (secondary N) is 2. The highest BCUT2D eigenvalue weighted by atomic mass is 35.5. The molecule has 0 atom stereocenters. The summed E-state index contributed by atoms with van der Waals surface area (Å²) in [6.07, 6.45) is 1.28. The second-order valence-electron chi connectivity index (χ2n) is 3.31. The Morgan fingerprint density at radius 1 is 1.47 bits per heavy atom. The van der Waals surface area contributed by atoms with Crippen LogP contribution in [0.4, 0.5) is 15.9 Å². The lowest BCUT2D eigenvalue weighted by Crippen LogP contribution is -2.13. The number of anilines is 2. The molecule has 0 saturated heterocycles. The number of nitrogen functional groups attached to an aromatic ring is 1. The van der Waals surface area contributed by atoms with Gasteiger partial charge in [-0.2, -0.15) is 5.10 Å². The van der Waals surface area contributed by atoms with Crippen LogP contribution in [-0.4, -0.2) is 16.1 Å². The van der Waals surface area contributed by atoms with Crippen molar-refractivity contribution in [3.63, 3.8) is 0 Å². The van der Waals surface area contributed by atoms with Crippen molar-refractivity contribution < 1.29 is 9.18 Å². The highest BCUT2D eigenvalue weighted by Crippen LogP contribution is 2.19. The number of hydrogen-bond acceptors (Lipinski definition) is 3. The molecular weight excluding hydrogens is 247 g/mol. The zero-order valence-electron chi connectivity index (χ0n) is 8.50. The molecule has 2 rings (SSSR count). The Morgan fingerprint density at radius 3 is 2.82 bits per heavy atom. The van der Waals surface area contributed by atoms with E-state index in [1.54, 1.807) is 0 Å². The Balaban J connectivity index is 2.21. The smallest absolute Gasteiger partial charge is 0.261 e. The Bertz CT molecular complexity index is 549.